The van der Waals surface area contributed by atoms with Gasteiger partial charge < -0.3 is 4.74 Å². The molecule has 0 spiro atoms. The lowest BCUT2D eigenvalue weighted by molar-refractivity contribution is 0.309. The highest BCUT2D eigenvalue weighted by molar-refractivity contribution is 7.15. The smallest absolute Gasteiger partial charge is 0.291 e. The van der Waals surface area contributed by atoms with Gasteiger partial charge >= 0.3 is 0 Å². The minimum absolute atomic E-state index is 0.225. The monoisotopic (exact) mass is 445 g/mol. The molecule has 0 saturated heterocycles. The van der Waals surface area contributed by atoms with Gasteiger partial charge in [-0.3, -0.25) is 4.79 Å². The Hall–Kier alpha value is -2.41. The normalized spacial score (nSPS) is 12.0. The number of aromatic nitrogens is 3. The standard InChI is InChI=1S/C21H17Cl2N3O2S/c1-2-3-10-28-17-7-5-4-6-13(17)11-18-20(27)26-21(29-18)24-19(25-26)15-9-8-14(22)12-16(15)23/h4-9,11-12H,2-3,10H2,1H3/b18-11+. The fourth-order valence-electron chi connectivity index (χ4n) is 2.82. The predicted molar refractivity (Wildman–Crippen MR) is 118 cm³/mol. The van der Waals surface area contributed by atoms with Crippen LogP contribution < -0.4 is 14.8 Å². The van der Waals surface area contributed by atoms with Crippen LogP contribution in [0.3, 0.4) is 0 Å². The average Bonchev–Trinajstić information content (AvgIpc) is 3.23. The number of hydrogen-bond donors (Lipinski definition) is 0. The van der Waals surface area contributed by atoms with E-state index in [-0.39, 0.29) is 5.56 Å². The Morgan fingerprint density at radius 2 is 2.03 bits per heavy atom. The highest BCUT2D eigenvalue weighted by Crippen LogP contribution is 2.28. The Morgan fingerprint density at radius 1 is 1.21 bits per heavy atom. The van der Waals surface area contributed by atoms with Crippen molar-refractivity contribution in [3.63, 3.8) is 0 Å². The molecule has 2 aromatic carbocycles. The Labute approximate surface area is 181 Å². The van der Waals surface area contributed by atoms with Crippen molar-refractivity contribution in [3.05, 3.63) is 73.0 Å². The Kier molecular flexibility index (Phi) is 5.85. The summed E-state index contributed by atoms with van der Waals surface area (Å²) >= 11 is 13.5. The van der Waals surface area contributed by atoms with E-state index in [4.69, 9.17) is 27.9 Å². The Bertz CT molecular complexity index is 1280. The maximum atomic E-state index is 12.8. The van der Waals surface area contributed by atoms with Crippen molar-refractivity contribution in [1.29, 1.82) is 0 Å². The molecule has 0 bridgehead atoms. The van der Waals surface area contributed by atoms with E-state index >= 15 is 0 Å². The van der Waals surface area contributed by atoms with Gasteiger partial charge in [0.1, 0.15) is 5.75 Å². The summed E-state index contributed by atoms with van der Waals surface area (Å²) in [6.45, 7) is 2.76. The molecule has 0 fully saturated rings. The minimum atomic E-state index is -0.225. The number of unbranched alkanes of at least 4 members (excludes halogenated alkanes) is 1. The van der Waals surface area contributed by atoms with Gasteiger partial charge in [0.05, 0.1) is 16.2 Å². The van der Waals surface area contributed by atoms with Crippen LogP contribution in [-0.2, 0) is 0 Å². The molecule has 0 radical (unpaired) electrons. The van der Waals surface area contributed by atoms with Crippen LogP contribution in [0.4, 0.5) is 0 Å². The van der Waals surface area contributed by atoms with Gasteiger partial charge in [0.15, 0.2) is 5.82 Å². The van der Waals surface area contributed by atoms with E-state index in [2.05, 4.69) is 17.0 Å². The third-order valence-electron chi connectivity index (χ3n) is 4.31. The summed E-state index contributed by atoms with van der Waals surface area (Å²) in [5, 5.41) is 5.31. The van der Waals surface area contributed by atoms with Crippen molar-refractivity contribution in [1.82, 2.24) is 14.6 Å². The van der Waals surface area contributed by atoms with Crippen LogP contribution >= 0.6 is 34.5 Å². The number of hydrogen-bond acceptors (Lipinski definition) is 5. The van der Waals surface area contributed by atoms with Crippen molar-refractivity contribution in [2.24, 2.45) is 0 Å². The second-order valence-corrected chi connectivity index (χ2v) is 8.26. The zero-order chi connectivity index (χ0) is 20.4. The summed E-state index contributed by atoms with van der Waals surface area (Å²) in [6, 6.07) is 12.7. The first kappa shape index (κ1) is 19.9. The number of para-hydroxylation sites is 1. The molecule has 5 nitrogen and oxygen atoms in total. The molecule has 0 aliphatic heterocycles. The van der Waals surface area contributed by atoms with Crippen LogP contribution in [0.1, 0.15) is 25.3 Å². The number of nitrogens with zero attached hydrogens (tertiary/aromatic N) is 3. The zero-order valence-corrected chi connectivity index (χ0v) is 17.9. The van der Waals surface area contributed by atoms with E-state index in [0.29, 0.717) is 37.5 Å². The Morgan fingerprint density at radius 3 is 2.79 bits per heavy atom. The van der Waals surface area contributed by atoms with E-state index in [1.165, 1.54) is 15.9 Å². The molecule has 4 aromatic rings. The third-order valence-corrected chi connectivity index (χ3v) is 5.82. The summed E-state index contributed by atoms with van der Waals surface area (Å²) in [6.07, 6.45) is 3.86. The zero-order valence-electron chi connectivity index (χ0n) is 15.6. The lowest BCUT2D eigenvalue weighted by Crippen LogP contribution is -2.23. The second kappa shape index (κ2) is 8.53. The lowest BCUT2D eigenvalue weighted by Gasteiger charge is -2.07. The van der Waals surface area contributed by atoms with Crippen LogP contribution in [0.2, 0.25) is 10.0 Å². The van der Waals surface area contributed by atoms with E-state index < -0.39 is 0 Å². The quantitative estimate of drug-likeness (QED) is 0.398. The fraction of sp³-hybridized carbons (Fsp3) is 0.190. The second-order valence-electron chi connectivity index (χ2n) is 6.41. The number of fused-ring (bicyclic) bond motifs is 1. The lowest BCUT2D eigenvalue weighted by atomic mass is 10.2. The summed E-state index contributed by atoms with van der Waals surface area (Å²) in [5.74, 6) is 1.15. The molecule has 0 atom stereocenters. The molecule has 0 aliphatic rings. The molecule has 0 saturated carbocycles. The summed E-state index contributed by atoms with van der Waals surface area (Å²) < 4.78 is 7.70. The van der Waals surface area contributed by atoms with Crippen LogP contribution in [0.15, 0.2) is 47.3 Å². The first-order valence-electron chi connectivity index (χ1n) is 9.15. The largest absolute Gasteiger partial charge is 0.493 e. The van der Waals surface area contributed by atoms with Crippen LogP contribution in [0.25, 0.3) is 22.4 Å². The highest BCUT2D eigenvalue weighted by atomic mass is 35.5. The molecule has 148 valence electrons. The van der Waals surface area contributed by atoms with Gasteiger partial charge in [0.25, 0.3) is 5.56 Å². The molecule has 0 aliphatic carbocycles. The third kappa shape index (κ3) is 4.15. The SMILES string of the molecule is CCCCOc1ccccc1/C=c1/sc2nc(-c3ccc(Cl)cc3Cl)nn2c1=O. The predicted octanol–water partition coefficient (Wildman–Crippen LogP) is 4.85. The van der Waals surface area contributed by atoms with Crippen LogP contribution in [0, 0.1) is 0 Å². The van der Waals surface area contributed by atoms with Gasteiger partial charge in [0, 0.05) is 16.1 Å². The number of rotatable bonds is 6. The maximum Gasteiger partial charge on any atom is 0.291 e. The fourth-order valence-corrected chi connectivity index (χ4v) is 4.21. The van der Waals surface area contributed by atoms with E-state index in [0.717, 1.165) is 24.2 Å². The van der Waals surface area contributed by atoms with Crippen LogP contribution in [0.5, 0.6) is 5.75 Å². The van der Waals surface area contributed by atoms with Crippen molar-refractivity contribution in [3.8, 4) is 17.1 Å². The van der Waals surface area contributed by atoms with E-state index in [9.17, 15) is 4.79 Å². The molecular formula is C21H17Cl2N3O2S. The molecule has 29 heavy (non-hydrogen) atoms. The van der Waals surface area contributed by atoms with Crippen molar-refractivity contribution >= 4 is 45.6 Å². The van der Waals surface area contributed by atoms with Crippen LogP contribution in [-0.4, -0.2) is 21.2 Å². The molecule has 0 amide bonds. The van der Waals surface area contributed by atoms with Gasteiger partial charge in [-0.05, 0) is 36.8 Å². The van der Waals surface area contributed by atoms with E-state index in [1.54, 1.807) is 18.2 Å². The number of benzene rings is 2. The first-order valence-corrected chi connectivity index (χ1v) is 10.7. The van der Waals surface area contributed by atoms with Gasteiger partial charge in [-0.15, -0.1) is 5.10 Å². The Balaban J connectivity index is 1.73. The van der Waals surface area contributed by atoms with Gasteiger partial charge in [-0.25, -0.2) is 0 Å². The minimum Gasteiger partial charge on any atom is -0.493 e. The number of halogens is 2. The first-order chi connectivity index (χ1) is 14.1. The molecular weight excluding hydrogens is 429 g/mol. The van der Waals surface area contributed by atoms with Crippen molar-refractivity contribution in [2.45, 2.75) is 19.8 Å². The summed E-state index contributed by atoms with van der Waals surface area (Å²) in [7, 11) is 0. The maximum absolute atomic E-state index is 12.8. The van der Waals surface area contributed by atoms with Gasteiger partial charge in [-0.1, -0.05) is 66.1 Å². The average molecular weight is 446 g/mol. The highest BCUT2D eigenvalue weighted by Gasteiger charge is 2.14. The molecule has 4 rings (SSSR count). The molecule has 2 heterocycles. The molecule has 8 heteroatoms. The number of ether oxygens (including phenoxy) is 1. The van der Waals surface area contributed by atoms with Gasteiger partial charge in [0.2, 0.25) is 4.96 Å². The topological polar surface area (TPSA) is 56.5 Å². The summed E-state index contributed by atoms with van der Waals surface area (Å²) in [4.78, 5) is 17.8. The number of thiazole rings is 1. The molecule has 2 aromatic heterocycles. The molecule has 0 unspecified atom stereocenters. The van der Waals surface area contributed by atoms with E-state index in [1.807, 2.05) is 30.3 Å². The van der Waals surface area contributed by atoms with Crippen molar-refractivity contribution < 1.29 is 4.74 Å². The van der Waals surface area contributed by atoms with Gasteiger partial charge in [-0.2, -0.15) is 9.50 Å². The summed E-state index contributed by atoms with van der Waals surface area (Å²) in [5.41, 5.74) is 1.26. The molecule has 0 N–H and O–H groups in total. The van der Waals surface area contributed by atoms with Crippen molar-refractivity contribution in [2.75, 3.05) is 6.61 Å².